The first-order valence-electron chi connectivity index (χ1n) is 10.3. The average molecular weight is 456 g/mol. The van der Waals surface area contributed by atoms with Crippen molar-refractivity contribution in [3.8, 4) is 0 Å². The molecule has 0 atom stereocenters. The largest absolute Gasteiger partial charge is 0.450 e. The Morgan fingerprint density at radius 2 is 1.81 bits per heavy atom. The van der Waals surface area contributed by atoms with E-state index in [0.717, 1.165) is 0 Å². The maximum Gasteiger partial charge on any atom is 0.409 e. The molecule has 0 spiro atoms. The first-order valence-corrected chi connectivity index (χ1v) is 11.7. The molecule has 11 nitrogen and oxygen atoms in total. The zero-order chi connectivity index (χ0) is 22.4. The van der Waals surface area contributed by atoms with Crippen molar-refractivity contribution >= 4 is 27.8 Å². The Labute approximate surface area is 182 Å². The van der Waals surface area contributed by atoms with Crippen molar-refractivity contribution in [1.29, 1.82) is 0 Å². The van der Waals surface area contributed by atoms with Gasteiger partial charge in [0.25, 0.3) is 0 Å². The molecule has 1 aromatic heterocycles. The van der Waals surface area contributed by atoms with Crippen LogP contribution >= 0.6 is 0 Å². The van der Waals surface area contributed by atoms with Crippen molar-refractivity contribution in [2.75, 3.05) is 77.6 Å². The third kappa shape index (κ3) is 5.63. The number of carbonyl (C=O) groups excluding carboxylic acids is 2. The van der Waals surface area contributed by atoms with Crippen molar-refractivity contribution in [3.05, 3.63) is 18.3 Å². The number of piperazine rings is 1. The van der Waals surface area contributed by atoms with Crippen LogP contribution in [0.3, 0.4) is 0 Å². The SMILES string of the molecule is CCOC(=O)N(C)CC(=O)N1CCN(c2ccc(S(=O)(=O)N3CCOCC3)cn2)CC1. The summed E-state index contributed by atoms with van der Waals surface area (Å²) in [7, 11) is -2.05. The van der Waals surface area contributed by atoms with Gasteiger partial charge in [-0.05, 0) is 19.1 Å². The van der Waals surface area contributed by atoms with Crippen LogP contribution in [0.2, 0.25) is 0 Å². The minimum absolute atomic E-state index is 0.0365. The molecule has 0 aliphatic carbocycles. The summed E-state index contributed by atoms with van der Waals surface area (Å²) in [5.74, 6) is 0.520. The number of anilines is 1. The molecule has 2 aliphatic heterocycles. The molecule has 2 saturated heterocycles. The van der Waals surface area contributed by atoms with E-state index in [1.54, 1.807) is 24.0 Å². The van der Waals surface area contributed by atoms with Gasteiger partial charge in [0.1, 0.15) is 17.3 Å². The number of rotatable bonds is 6. The molecule has 0 N–H and O–H groups in total. The van der Waals surface area contributed by atoms with Crippen LogP contribution in [0.15, 0.2) is 23.2 Å². The molecule has 31 heavy (non-hydrogen) atoms. The molecule has 172 valence electrons. The van der Waals surface area contributed by atoms with Crippen LogP contribution < -0.4 is 4.90 Å². The topological polar surface area (TPSA) is 113 Å². The van der Waals surface area contributed by atoms with E-state index < -0.39 is 16.1 Å². The van der Waals surface area contributed by atoms with Crippen LogP contribution in [0.1, 0.15) is 6.92 Å². The Morgan fingerprint density at radius 3 is 2.39 bits per heavy atom. The monoisotopic (exact) mass is 455 g/mol. The van der Waals surface area contributed by atoms with E-state index >= 15 is 0 Å². The minimum atomic E-state index is -3.58. The van der Waals surface area contributed by atoms with Gasteiger partial charge >= 0.3 is 6.09 Å². The van der Waals surface area contributed by atoms with E-state index in [1.807, 2.05) is 4.90 Å². The Bertz CT molecular complexity index is 864. The van der Waals surface area contributed by atoms with Gasteiger partial charge in [0.05, 0.1) is 19.8 Å². The molecule has 2 aliphatic rings. The van der Waals surface area contributed by atoms with E-state index in [9.17, 15) is 18.0 Å². The number of sulfonamides is 1. The quantitative estimate of drug-likeness (QED) is 0.582. The second kappa shape index (κ2) is 10.2. The number of carbonyl (C=O) groups is 2. The highest BCUT2D eigenvalue weighted by Crippen LogP contribution is 2.20. The zero-order valence-electron chi connectivity index (χ0n) is 17.9. The number of pyridine rings is 1. The number of ether oxygens (including phenoxy) is 2. The number of hydrogen-bond acceptors (Lipinski definition) is 8. The first kappa shape index (κ1) is 23.2. The predicted octanol–water partition coefficient (Wildman–Crippen LogP) is -0.161. The number of likely N-dealkylation sites (N-methyl/N-ethyl adjacent to an activating group) is 1. The number of amides is 2. The molecule has 12 heteroatoms. The van der Waals surface area contributed by atoms with Gasteiger partial charge in [-0.2, -0.15) is 4.31 Å². The summed E-state index contributed by atoms with van der Waals surface area (Å²) in [6.45, 7) is 5.51. The summed E-state index contributed by atoms with van der Waals surface area (Å²) in [5.41, 5.74) is 0. The fourth-order valence-electron chi connectivity index (χ4n) is 3.43. The molecule has 0 aromatic carbocycles. The molecule has 0 unspecified atom stereocenters. The Hall–Kier alpha value is -2.44. The first-order chi connectivity index (χ1) is 14.8. The lowest BCUT2D eigenvalue weighted by Gasteiger charge is -2.36. The molecule has 3 rings (SSSR count). The lowest BCUT2D eigenvalue weighted by molar-refractivity contribution is -0.132. The zero-order valence-corrected chi connectivity index (χ0v) is 18.7. The molecule has 0 saturated carbocycles. The fourth-order valence-corrected chi connectivity index (χ4v) is 4.79. The average Bonchev–Trinajstić information content (AvgIpc) is 2.80. The molecule has 0 bridgehead atoms. The van der Waals surface area contributed by atoms with Crippen LogP contribution in [0, 0.1) is 0 Å². The van der Waals surface area contributed by atoms with Gasteiger partial charge in [-0.25, -0.2) is 18.2 Å². The summed E-state index contributed by atoms with van der Waals surface area (Å²) in [6.07, 6.45) is 0.859. The third-order valence-electron chi connectivity index (χ3n) is 5.24. The van der Waals surface area contributed by atoms with Crippen LogP contribution in [0.5, 0.6) is 0 Å². The summed E-state index contributed by atoms with van der Waals surface area (Å²) >= 11 is 0. The number of morpholine rings is 1. The molecule has 3 heterocycles. The third-order valence-corrected chi connectivity index (χ3v) is 7.12. The number of nitrogens with zero attached hydrogens (tertiary/aromatic N) is 5. The summed E-state index contributed by atoms with van der Waals surface area (Å²) < 4.78 is 36.9. The van der Waals surface area contributed by atoms with Gasteiger partial charge in [0.15, 0.2) is 0 Å². The summed E-state index contributed by atoms with van der Waals surface area (Å²) in [5, 5.41) is 0. The smallest absolute Gasteiger partial charge is 0.409 e. The van der Waals surface area contributed by atoms with Crippen molar-refractivity contribution < 1.29 is 27.5 Å². The van der Waals surface area contributed by atoms with Crippen molar-refractivity contribution in [2.45, 2.75) is 11.8 Å². The molecule has 0 radical (unpaired) electrons. The maximum absolute atomic E-state index is 12.7. The van der Waals surface area contributed by atoms with Gasteiger partial charge in [-0.3, -0.25) is 4.79 Å². The van der Waals surface area contributed by atoms with Crippen molar-refractivity contribution in [2.24, 2.45) is 0 Å². The van der Waals surface area contributed by atoms with E-state index in [1.165, 1.54) is 22.4 Å². The van der Waals surface area contributed by atoms with Crippen LogP contribution in [0.25, 0.3) is 0 Å². The highest BCUT2D eigenvalue weighted by atomic mass is 32.2. The summed E-state index contributed by atoms with van der Waals surface area (Å²) in [6, 6.07) is 3.26. The van der Waals surface area contributed by atoms with Crippen molar-refractivity contribution in [1.82, 2.24) is 19.1 Å². The lowest BCUT2D eigenvalue weighted by Crippen LogP contribution is -2.51. The number of aromatic nitrogens is 1. The van der Waals surface area contributed by atoms with Crippen LogP contribution in [0.4, 0.5) is 10.6 Å². The summed E-state index contributed by atoms with van der Waals surface area (Å²) in [4.78, 5) is 33.6. The highest BCUT2D eigenvalue weighted by molar-refractivity contribution is 7.89. The van der Waals surface area contributed by atoms with E-state index in [2.05, 4.69) is 4.98 Å². The minimum Gasteiger partial charge on any atom is -0.450 e. The number of hydrogen-bond donors (Lipinski definition) is 0. The van der Waals surface area contributed by atoms with Gasteiger partial charge < -0.3 is 24.2 Å². The Balaban J connectivity index is 1.54. The second-order valence-corrected chi connectivity index (χ2v) is 9.23. The predicted molar refractivity (Wildman–Crippen MR) is 112 cm³/mol. The lowest BCUT2D eigenvalue weighted by atomic mass is 10.3. The molecular formula is C19H29N5O6S. The maximum atomic E-state index is 12.7. The van der Waals surface area contributed by atoms with Crippen LogP contribution in [-0.4, -0.2) is 112 Å². The van der Waals surface area contributed by atoms with E-state index in [-0.39, 0.29) is 24.0 Å². The molecule has 2 amide bonds. The highest BCUT2D eigenvalue weighted by Gasteiger charge is 2.28. The van der Waals surface area contributed by atoms with E-state index in [0.29, 0.717) is 58.3 Å². The van der Waals surface area contributed by atoms with E-state index in [4.69, 9.17) is 9.47 Å². The normalized spacial score (nSPS) is 18.0. The van der Waals surface area contributed by atoms with Crippen LogP contribution in [-0.2, 0) is 24.3 Å². The van der Waals surface area contributed by atoms with Gasteiger partial charge in [-0.1, -0.05) is 0 Å². The van der Waals surface area contributed by atoms with Gasteiger partial charge in [0.2, 0.25) is 15.9 Å². The van der Waals surface area contributed by atoms with Gasteiger partial charge in [0, 0.05) is 52.5 Å². The fraction of sp³-hybridized carbons (Fsp3) is 0.632. The van der Waals surface area contributed by atoms with Gasteiger partial charge in [-0.15, -0.1) is 0 Å². The molecule has 2 fully saturated rings. The molecule has 1 aromatic rings. The standard InChI is InChI=1S/C19H29N5O6S/c1-3-30-19(26)21(2)15-18(25)23-8-6-22(7-9-23)17-5-4-16(14-20-17)31(27,28)24-10-12-29-13-11-24/h4-5,14H,3,6-13,15H2,1-2H3. The Morgan fingerprint density at radius 1 is 1.13 bits per heavy atom. The van der Waals surface area contributed by atoms with Crippen molar-refractivity contribution in [3.63, 3.8) is 0 Å². The Kier molecular flexibility index (Phi) is 7.68. The molecular weight excluding hydrogens is 426 g/mol. The second-order valence-electron chi connectivity index (χ2n) is 7.29.